The molecular formula is C17H15ClN2OS2. The first kappa shape index (κ1) is 16.2. The fourth-order valence-corrected chi connectivity index (χ4v) is 4.09. The number of halogens is 1. The zero-order valence-electron chi connectivity index (χ0n) is 12.5. The number of carbonyl (C=O) groups excluding carboxylic acids is 1. The molecule has 0 aliphatic heterocycles. The molecule has 23 heavy (non-hydrogen) atoms. The van der Waals surface area contributed by atoms with Crippen LogP contribution in [0.5, 0.6) is 0 Å². The van der Waals surface area contributed by atoms with Crippen LogP contribution in [0, 0.1) is 0 Å². The van der Waals surface area contributed by atoms with Crippen molar-refractivity contribution in [2.75, 3.05) is 6.54 Å². The van der Waals surface area contributed by atoms with E-state index in [1.54, 1.807) is 22.4 Å². The average molecular weight is 363 g/mol. The third-order valence-electron chi connectivity index (χ3n) is 3.44. The van der Waals surface area contributed by atoms with E-state index >= 15 is 0 Å². The molecule has 3 nitrogen and oxygen atoms in total. The maximum Gasteiger partial charge on any atom is 0.265 e. The van der Waals surface area contributed by atoms with Crippen LogP contribution in [0.3, 0.4) is 0 Å². The predicted molar refractivity (Wildman–Crippen MR) is 97.3 cm³/mol. The lowest BCUT2D eigenvalue weighted by Gasteiger charge is -2.20. The third-order valence-corrected chi connectivity index (χ3v) is 5.83. The molecule has 1 aromatic carbocycles. The number of aromatic nitrogens is 1. The standard InChI is InChI=1S/C17H15ClN2OS2/c1-2-20(11-12-6-3-4-7-13(12)18)17(21)15-10-19-16(23-15)14-8-5-9-22-14/h3-10H,2,11H2,1H3. The van der Waals surface area contributed by atoms with Gasteiger partial charge < -0.3 is 4.90 Å². The molecule has 118 valence electrons. The van der Waals surface area contributed by atoms with E-state index in [0.29, 0.717) is 23.0 Å². The van der Waals surface area contributed by atoms with Crippen molar-refractivity contribution >= 4 is 40.2 Å². The Morgan fingerprint density at radius 3 is 2.78 bits per heavy atom. The molecule has 6 heteroatoms. The molecule has 3 aromatic rings. The van der Waals surface area contributed by atoms with Gasteiger partial charge in [0.1, 0.15) is 9.88 Å². The van der Waals surface area contributed by atoms with Gasteiger partial charge in [0, 0.05) is 18.1 Å². The lowest BCUT2D eigenvalue weighted by atomic mass is 10.2. The summed E-state index contributed by atoms with van der Waals surface area (Å²) in [6.07, 6.45) is 1.66. The fourth-order valence-electron chi connectivity index (χ4n) is 2.20. The first-order valence-corrected chi connectivity index (χ1v) is 9.29. The minimum atomic E-state index is -0.00674. The maximum absolute atomic E-state index is 12.7. The van der Waals surface area contributed by atoms with E-state index in [4.69, 9.17) is 11.6 Å². The van der Waals surface area contributed by atoms with Gasteiger partial charge in [0.05, 0.1) is 11.1 Å². The Balaban J connectivity index is 1.79. The van der Waals surface area contributed by atoms with Crippen molar-refractivity contribution in [2.45, 2.75) is 13.5 Å². The van der Waals surface area contributed by atoms with Crippen molar-refractivity contribution in [3.05, 3.63) is 63.4 Å². The number of hydrogen-bond donors (Lipinski definition) is 0. The van der Waals surface area contributed by atoms with Gasteiger partial charge in [-0.3, -0.25) is 4.79 Å². The Hall–Kier alpha value is -1.69. The number of carbonyl (C=O) groups is 1. The fraction of sp³-hybridized carbons (Fsp3) is 0.176. The Kier molecular flexibility index (Phi) is 5.10. The van der Waals surface area contributed by atoms with Gasteiger partial charge in [-0.2, -0.15) is 0 Å². The smallest absolute Gasteiger partial charge is 0.265 e. The molecule has 0 bridgehead atoms. The third kappa shape index (κ3) is 3.63. The summed E-state index contributed by atoms with van der Waals surface area (Å²) in [6.45, 7) is 3.09. The van der Waals surface area contributed by atoms with E-state index in [0.717, 1.165) is 15.4 Å². The Morgan fingerprint density at radius 2 is 2.09 bits per heavy atom. The lowest BCUT2D eigenvalue weighted by molar-refractivity contribution is 0.0757. The van der Waals surface area contributed by atoms with Crippen LogP contribution in [0.25, 0.3) is 9.88 Å². The Bertz CT molecular complexity index is 799. The second-order valence-electron chi connectivity index (χ2n) is 4.92. The Morgan fingerprint density at radius 1 is 1.26 bits per heavy atom. The van der Waals surface area contributed by atoms with Crippen LogP contribution in [0.4, 0.5) is 0 Å². The van der Waals surface area contributed by atoms with E-state index in [1.165, 1.54) is 11.3 Å². The molecule has 0 spiro atoms. The summed E-state index contributed by atoms with van der Waals surface area (Å²) in [6, 6.07) is 11.6. The van der Waals surface area contributed by atoms with Gasteiger partial charge in [0.25, 0.3) is 5.91 Å². The first-order valence-electron chi connectivity index (χ1n) is 7.21. The van der Waals surface area contributed by atoms with Crippen LogP contribution in [0.15, 0.2) is 48.0 Å². The lowest BCUT2D eigenvalue weighted by Crippen LogP contribution is -2.29. The monoisotopic (exact) mass is 362 g/mol. The van der Waals surface area contributed by atoms with Crippen LogP contribution in [-0.4, -0.2) is 22.3 Å². The highest BCUT2D eigenvalue weighted by molar-refractivity contribution is 7.21. The van der Waals surface area contributed by atoms with Gasteiger partial charge in [0.15, 0.2) is 0 Å². The van der Waals surface area contributed by atoms with Crippen molar-refractivity contribution in [3.8, 4) is 9.88 Å². The number of benzene rings is 1. The molecule has 0 aliphatic rings. The molecule has 1 amide bonds. The molecule has 0 radical (unpaired) electrons. The second kappa shape index (κ2) is 7.25. The van der Waals surface area contributed by atoms with Gasteiger partial charge >= 0.3 is 0 Å². The van der Waals surface area contributed by atoms with Gasteiger partial charge in [-0.15, -0.1) is 22.7 Å². The molecule has 0 fully saturated rings. The largest absolute Gasteiger partial charge is 0.334 e. The molecule has 2 aromatic heterocycles. The van der Waals surface area contributed by atoms with Gasteiger partial charge in [-0.25, -0.2) is 4.98 Å². The van der Waals surface area contributed by atoms with Crippen LogP contribution < -0.4 is 0 Å². The number of hydrogen-bond acceptors (Lipinski definition) is 4. The van der Waals surface area contributed by atoms with E-state index in [2.05, 4.69) is 4.98 Å². The quantitative estimate of drug-likeness (QED) is 0.626. The summed E-state index contributed by atoms with van der Waals surface area (Å²) in [5.74, 6) is -0.00674. The predicted octanol–water partition coefficient (Wildman–Crippen LogP) is 5.19. The average Bonchev–Trinajstić information content (AvgIpc) is 3.24. The molecular weight excluding hydrogens is 348 g/mol. The van der Waals surface area contributed by atoms with E-state index in [9.17, 15) is 4.79 Å². The summed E-state index contributed by atoms with van der Waals surface area (Å²) in [7, 11) is 0. The van der Waals surface area contributed by atoms with Crippen molar-refractivity contribution < 1.29 is 4.79 Å². The summed E-state index contributed by atoms with van der Waals surface area (Å²) in [5, 5.41) is 3.58. The van der Waals surface area contributed by atoms with Gasteiger partial charge in [-0.05, 0) is 30.0 Å². The number of nitrogens with zero attached hydrogens (tertiary/aromatic N) is 2. The number of rotatable bonds is 5. The number of thiophene rings is 1. The van der Waals surface area contributed by atoms with Crippen LogP contribution in [-0.2, 0) is 6.54 Å². The minimum Gasteiger partial charge on any atom is -0.334 e. The van der Waals surface area contributed by atoms with Crippen molar-refractivity contribution in [1.29, 1.82) is 0 Å². The molecule has 3 rings (SSSR count). The molecule has 0 atom stereocenters. The van der Waals surface area contributed by atoms with Gasteiger partial charge in [0.2, 0.25) is 0 Å². The zero-order chi connectivity index (χ0) is 16.2. The first-order chi connectivity index (χ1) is 11.2. The minimum absolute atomic E-state index is 0.00674. The number of amides is 1. The molecule has 0 aliphatic carbocycles. The molecule has 0 saturated heterocycles. The molecule has 0 N–H and O–H groups in total. The SMILES string of the molecule is CCN(Cc1ccccc1Cl)C(=O)c1cnc(-c2cccs2)s1. The van der Waals surface area contributed by atoms with Crippen LogP contribution >= 0.6 is 34.3 Å². The maximum atomic E-state index is 12.7. The van der Waals surface area contributed by atoms with E-state index < -0.39 is 0 Å². The highest BCUT2D eigenvalue weighted by atomic mass is 35.5. The highest BCUT2D eigenvalue weighted by Crippen LogP contribution is 2.29. The Labute approximate surface area is 148 Å². The van der Waals surface area contributed by atoms with Crippen molar-refractivity contribution in [3.63, 3.8) is 0 Å². The summed E-state index contributed by atoms with van der Waals surface area (Å²) >= 11 is 9.26. The zero-order valence-corrected chi connectivity index (χ0v) is 14.9. The van der Waals surface area contributed by atoms with Crippen molar-refractivity contribution in [2.24, 2.45) is 0 Å². The molecule has 2 heterocycles. The number of thiazole rings is 1. The van der Waals surface area contributed by atoms with Crippen LogP contribution in [0.2, 0.25) is 5.02 Å². The highest BCUT2D eigenvalue weighted by Gasteiger charge is 2.19. The molecule has 0 unspecified atom stereocenters. The van der Waals surface area contributed by atoms with Crippen molar-refractivity contribution in [1.82, 2.24) is 9.88 Å². The molecule has 0 saturated carbocycles. The van der Waals surface area contributed by atoms with E-state index in [1.807, 2.05) is 48.7 Å². The van der Waals surface area contributed by atoms with Gasteiger partial charge in [-0.1, -0.05) is 35.9 Å². The summed E-state index contributed by atoms with van der Waals surface area (Å²) in [4.78, 5) is 20.6. The second-order valence-corrected chi connectivity index (χ2v) is 7.30. The topological polar surface area (TPSA) is 33.2 Å². The summed E-state index contributed by atoms with van der Waals surface area (Å²) < 4.78 is 0. The summed E-state index contributed by atoms with van der Waals surface area (Å²) in [5.41, 5.74) is 0.951. The normalized spacial score (nSPS) is 10.7. The van der Waals surface area contributed by atoms with E-state index in [-0.39, 0.29) is 5.91 Å². The van der Waals surface area contributed by atoms with Crippen LogP contribution in [0.1, 0.15) is 22.2 Å².